The number of rotatable bonds is 5. The molecule has 0 aromatic heterocycles. The Morgan fingerprint density at radius 1 is 0.833 bits per heavy atom. The van der Waals surface area contributed by atoms with Gasteiger partial charge in [0.05, 0.1) is 0 Å². The third kappa shape index (κ3) is 2.62. The van der Waals surface area contributed by atoms with Gasteiger partial charge in [-0.25, -0.2) is 0 Å². The third-order valence-electron chi connectivity index (χ3n) is 3.17. The van der Waals surface area contributed by atoms with Crippen LogP contribution in [0.2, 0.25) is 0 Å². The Bertz CT molecular complexity index is 515. The largest absolute Gasteiger partial charge is 0.504 e. The van der Waals surface area contributed by atoms with Gasteiger partial charge in [-0.15, -0.1) is 0 Å². The van der Waals surface area contributed by atoms with E-state index < -0.39 is 8.80 Å². The lowest BCUT2D eigenvalue weighted by molar-refractivity contribution is 0.122. The Labute approximate surface area is 109 Å². The summed E-state index contributed by atoms with van der Waals surface area (Å²) in [6.07, 6.45) is 0. The first-order valence-electron chi connectivity index (χ1n) is 5.86. The zero-order valence-electron chi connectivity index (χ0n) is 11.0. The maximum absolute atomic E-state index is 5.45. The predicted octanol–water partition coefficient (Wildman–Crippen LogP) is 2.80. The van der Waals surface area contributed by atoms with Gasteiger partial charge >= 0.3 is 8.80 Å². The standard InChI is InChI=1S/C14H18O3Si/c1-15-18(16-2,17-3)11-12-8-9-13-6-4-5-7-14(13)10-12/h4-10H,11H2,1-3H3. The van der Waals surface area contributed by atoms with Crippen LogP contribution >= 0.6 is 0 Å². The fourth-order valence-corrected chi connectivity index (χ4v) is 3.72. The van der Waals surface area contributed by atoms with Crippen molar-refractivity contribution in [3.05, 3.63) is 48.0 Å². The van der Waals surface area contributed by atoms with Crippen LogP contribution in [0.15, 0.2) is 42.5 Å². The van der Waals surface area contributed by atoms with Gasteiger partial charge in [0, 0.05) is 27.4 Å². The SMILES string of the molecule is CO[Si](Cc1ccc2ccccc2c1)(OC)OC. The van der Waals surface area contributed by atoms with E-state index in [1.165, 1.54) is 16.3 Å². The average molecular weight is 262 g/mol. The summed E-state index contributed by atoms with van der Waals surface area (Å²) in [5.41, 5.74) is 1.17. The Balaban J connectivity index is 2.31. The molecular formula is C14H18O3Si. The van der Waals surface area contributed by atoms with E-state index in [9.17, 15) is 0 Å². The topological polar surface area (TPSA) is 27.7 Å². The predicted molar refractivity (Wildman–Crippen MR) is 74.4 cm³/mol. The van der Waals surface area contributed by atoms with Crippen molar-refractivity contribution in [1.82, 2.24) is 0 Å². The number of hydrogen-bond acceptors (Lipinski definition) is 3. The van der Waals surface area contributed by atoms with E-state index in [1.807, 2.05) is 12.1 Å². The van der Waals surface area contributed by atoms with Crippen molar-refractivity contribution in [3.8, 4) is 0 Å². The highest BCUT2D eigenvalue weighted by molar-refractivity contribution is 6.60. The Kier molecular flexibility index (Phi) is 4.14. The van der Waals surface area contributed by atoms with Crippen molar-refractivity contribution in [3.63, 3.8) is 0 Å². The molecule has 0 saturated heterocycles. The summed E-state index contributed by atoms with van der Waals surface area (Å²) in [6, 6.07) is 15.4. The summed E-state index contributed by atoms with van der Waals surface area (Å²) < 4.78 is 16.3. The van der Waals surface area contributed by atoms with Crippen LogP contribution in [0.1, 0.15) is 5.56 Å². The molecule has 2 aromatic carbocycles. The van der Waals surface area contributed by atoms with Crippen LogP contribution in [0, 0.1) is 0 Å². The average Bonchev–Trinajstić information content (AvgIpc) is 2.45. The second kappa shape index (κ2) is 5.62. The lowest BCUT2D eigenvalue weighted by atomic mass is 10.1. The molecule has 0 atom stereocenters. The Morgan fingerprint density at radius 3 is 2.06 bits per heavy atom. The molecule has 2 rings (SSSR count). The van der Waals surface area contributed by atoms with E-state index in [0.717, 1.165) is 0 Å². The van der Waals surface area contributed by atoms with E-state index in [1.54, 1.807) is 21.3 Å². The van der Waals surface area contributed by atoms with Crippen LogP contribution in [0.4, 0.5) is 0 Å². The molecule has 0 saturated carbocycles. The second-order valence-corrected chi connectivity index (χ2v) is 7.10. The molecule has 4 heteroatoms. The van der Waals surface area contributed by atoms with E-state index in [4.69, 9.17) is 13.3 Å². The van der Waals surface area contributed by atoms with Crippen LogP contribution in [0.3, 0.4) is 0 Å². The molecule has 0 aliphatic heterocycles. The lowest BCUT2D eigenvalue weighted by Gasteiger charge is -2.24. The molecule has 0 spiro atoms. The van der Waals surface area contributed by atoms with Gasteiger partial charge in [-0.05, 0) is 16.3 Å². The summed E-state index contributed by atoms with van der Waals surface area (Å²) in [5, 5.41) is 2.46. The van der Waals surface area contributed by atoms with Crippen LogP contribution < -0.4 is 0 Å². The Hall–Kier alpha value is -1.20. The minimum absolute atomic E-state index is 0.682. The van der Waals surface area contributed by atoms with Gasteiger partial charge in [0.2, 0.25) is 0 Å². The van der Waals surface area contributed by atoms with Gasteiger partial charge in [0.25, 0.3) is 0 Å². The van der Waals surface area contributed by atoms with E-state index in [2.05, 4.69) is 30.3 Å². The van der Waals surface area contributed by atoms with Crippen molar-refractivity contribution in [2.75, 3.05) is 21.3 Å². The molecule has 96 valence electrons. The molecule has 0 N–H and O–H groups in total. The zero-order valence-corrected chi connectivity index (χ0v) is 12.0. The smallest absolute Gasteiger partial charge is 0.377 e. The lowest BCUT2D eigenvalue weighted by Crippen LogP contribution is -2.45. The maximum atomic E-state index is 5.45. The minimum atomic E-state index is -2.55. The van der Waals surface area contributed by atoms with Crippen LogP contribution in [0.25, 0.3) is 10.8 Å². The van der Waals surface area contributed by atoms with Crippen LogP contribution in [0.5, 0.6) is 0 Å². The summed E-state index contributed by atoms with van der Waals surface area (Å²) in [4.78, 5) is 0. The van der Waals surface area contributed by atoms with Crippen molar-refractivity contribution >= 4 is 19.6 Å². The van der Waals surface area contributed by atoms with E-state index in [0.29, 0.717) is 6.04 Å². The first kappa shape index (κ1) is 13.2. The molecule has 0 fully saturated rings. The third-order valence-corrected chi connectivity index (χ3v) is 5.87. The molecule has 3 nitrogen and oxygen atoms in total. The maximum Gasteiger partial charge on any atom is 0.504 e. The molecule has 18 heavy (non-hydrogen) atoms. The summed E-state index contributed by atoms with van der Waals surface area (Å²) in [5.74, 6) is 0. The van der Waals surface area contributed by atoms with Crippen molar-refractivity contribution in [2.24, 2.45) is 0 Å². The summed E-state index contributed by atoms with van der Waals surface area (Å²) in [7, 11) is 2.37. The highest BCUT2D eigenvalue weighted by Gasteiger charge is 2.37. The zero-order chi connectivity index (χ0) is 13.0. The molecule has 2 aromatic rings. The molecule has 0 heterocycles. The summed E-state index contributed by atoms with van der Waals surface area (Å²) >= 11 is 0. The second-order valence-electron chi connectivity index (χ2n) is 4.15. The summed E-state index contributed by atoms with van der Waals surface area (Å²) in [6.45, 7) is 0. The molecule has 0 bridgehead atoms. The molecular weight excluding hydrogens is 244 g/mol. The highest BCUT2D eigenvalue weighted by atomic mass is 28.4. The van der Waals surface area contributed by atoms with Gasteiger partial charge in [0.1, 0.15) is 0 Å². The van der Waals surface area contributed by atoms with Crippen molar-refractivity contribution in [2.45, 2.75) is 6.04 Å². The monoisotopic (exact) mass is 262 g/mol. The quantitative estimate of drug-likeness (QED) is 0.776. The molecule has 0 aliphatic carbocycles. The van der Waals surface area contributed by atoms with Gasteiger partial charge < -0.3 is 13.3 Å². The number of hydrogen-bond donors (Lipinski definition) is 0. The van der Waals surface area contributed by atoms with Crippen LogP contribution in [-0.4, -0.2) is 30.1 Å². The number of benzene rings is 2. The number of fused-ring (bicyclic) bond motifs is 1. The molecule has 0 aliphatic rings. The van der Waals surface area contributed by atoms with Gasteiger partial charge in [0.15, 0.2) is 0 Å². The minimum Gasteiger partial charge on any atom is -0.377 e. The fraction of sp³-hybridized carbons (Fsp3) is 0.286. The first-order chi connectivity index (χ1) is 8.73. The van der Waals surface area contributed by atoms with E-state index in [-0.39, 0.29) is 0 Å². The molecule has 0 unspecified atom stereocenters. The first-order valence-corrected chi connectivity index (χ1v) is 7.79. The highest BCUT2D eigenvalue weighted by Crippen LogP contribution is 2.20. The van der Waals surface area contributed by atoms with Gasteiger partial charge in [-0.2, -0.15) is 0 Å². The normalized spacial score (nSPS) is 11.9. The molecule has 0 radical (unpaired) electrons. The Morgan fingerprint density at radius 2 is 1.44 bits per heavy atom. The fourth-order valence-electron chi connectivity index (χ4n) is 2.07. The van der Waals surface area contributed by atoms with Gasteiger partial charge in [-0.3, -0.25) is 0 Å². The van der Waals surface area contributed by atoms with E-state index >= 15 is 0 Å². The van der Waals surface area contributed by atoms with Crippen molar-refractivity contribution < 1.29 is 13.3 Å². The van der Waals surface area contributed by atoms with Crippen LogP contribution in [-0.2, 0) is 19.3 Å². The van der Waals surface area contributed by atoms with Crippen molar-refractivity contribution in [1.29, 1.82) is 0 Å². The van der Waals surface area contributed by atoms with Gasteiger partial charge in [-0.1, -0.05) is 42.5 Å². The molecule has 0 amide bonds.